The summed E-state index contributed by atoms with van der Waals surface area (Å²) >= 11 is 0. The molecule has 0 atom stereocenters. The van der Waals surface area contributed by atoms with Crippen LogP contribution in [0.2, 0.25) is 0 Å². The molecule has 9 nitrogen and oxygen atoms in total. The SMILES string of the molecule is CCN(CC)S(=O)(=O)c1ccc(O)c(NC(=O)CN2CC(=O)Oc3ccccc32)c1. The fourth-order valence-corrected chi connectivity index (χ4v) is 4.68. The second-order valence-corrected chi connectivity index (χ2v) is 8.55. The minimum absolute atomic E-state index is 0.0268. The summed E-state index contributed by atoms with van der Waals surface area (Å²) in [4.78, 5) is 25.9. The van der Waals surface area contributed by atoms with Crippen molar-refractivity contribution in [3.8, 4) is 11.5 Å². The van der Waals surface area contributed by atoms with Crippen molar-refractivity contribution in [3.05, 3.63) is 42.5 Å². The van der Waals surface area contributed by atoms with E-state index in [9.17, 15) is 23.1 Å². The number of nitrogens with one attached hydrogen (secondary N) is 1. The van der Waals surface area contributed by atoms with Gasteiger partial charge in [0.1, 0.15) is 12.3 Å². The second-order valence-electron chi connectivity index (χ2n) is 6.61. The van der Waals surface area contributed by atoms with Gasteiger partial charge in [0.25, 0.3) is 0 Å². The van der Waals surface area contributed by atoms with Crippen LogP contribution >= 0.6 is 0 Å². The molecule has 10 heteroatoms. The van der Waals surface area contributed by atoms with E-state index in [1.54, 1.807) is 43.0 Å². The lowest BCUT2D eigenvalue weighted by atomic mass is 10.2. The number of esters is 1. The summed E-state index contributed by atoms with van der Waals surface area (Å²) in [6, 6.07) is 10.6. The number of nitrogens with zero attached hydrogens (tertiary/aromatic N) is 2. The van der Waals surface area contributed by atoms with Crippen LogP contribution in [-0.2, 0) is 19.6 Å². The predicted octanol–water partition coefficient (Wildman–Crippen LogP) is 1.79. The van der Waals surface area contributed by atoms with Crippen LogP contribution in [0.4, 0.5) is 11.4 Å². The smallest absolute Gasteiger partial charge is 0.331 e. The molecule has 3 rings (SSSR count). The first-order chi connectivity index (χ1) is 14.3. The minimum atomic E-state index is -3.75. The van der Waals surface area contributed by atoms with E-state index in [0.717, 1.165) is 0 Å². The number of benzene rings is 2. The first-order valence-electron chi connectivity index (χ1n) is 9.44. The third kappa shape index (κ3) is 4.39. The van der Waals surface area contributed by atoms with Gasteiger partial charge in [0.15, 0.2) is 5.75 Å². The van der Waals surface area contributed by atoms with Gasteiger partial charge in [-0.15, -0.1) is 0 Å². The van der Waals surface area contributed by atoms with Crippen molar-refractivity contribution in [2.24, 2.45) is 0 Å². The van der Waals surface area contributed by atoms with Crippen LogP contribution in [0, 0.1) is 0 Å². The van der Waals surface area contributed by atoms with Crippen molar-refractivity contribution < 1.29 is 27.9 Å². The molecule has 0 spiro atoms. The van der Waals surface area contributed by atoms with Gasteiger partial charge in [-0.2, -0.15) is 4.31 Å². The number of sulfonamides is 1. The number of carbonyl (C=O) groups excluding carboxylic acids is 2. The molecular formula is C20H23N3O6S. The Balaban J connectivity index is 1.80. The Labute approximate surface area is 174 Å². The van der Waals surface area contributed by atoms with Gasteiger partial charge in [0, 0.05) is 13.1 Å². The van der Waals surface area contributed by atoms with Crippen LogP contribution < -0.4 is 15.0 Å². The number of hydrogen-bond donors (Lipinski definition) is 2. The van der Waals surface area contributed by atoms with E-state index < -0.39 is 21.9 Å². The molecule has 2 aromatic rings. The molecule has 0 radical (unpaired) electrons. The van der Waals surface area contributed by atoms with E-state index >= 15 is 0 Å². The van der Waals surface area contributed by atoms with Crippen LogP contribution in [0.1, 0.15) is 13.8 Å². The quantitative estimate of drug-likeness (QED) is 0.388. The largest absolute Gasteiger partial charge is 0.506 e. The number of amides is 1. The third-order valence-corrected chi connectivity index (χ3v) is 6.72. The zero-order valence-corrected chi connectivity index (χ0v) is 17.5. The highest BCUT2D eigenvalue weighted by atomic mass is 32.2. The van der Waals surface area contributed by atoms with E-state index in [1.807, 2.05) is 0 Å². The molecule has 2 N–H and O–H groups in total. The summed E-state index contributed by atoms with van der Waals surface area (Å²) in [6.07, 6.45) is 0. The Morgan fingerprint density at radius 2 is 1.90 bits per heavy atom. The molecule has 160 valence electrons. The van der Waals surface area contributed by atoms with Crippen LogP contribution in [0.3, 0.4) is 0 Å². The van der Waals surface area contributed by atoms with Crippen LogP contribution in [0.25, 0.3) is 0 Å². The lowest BCUT2D eigenvalue weighted by Crippen LogP contribution is -2.41. The lowest BCUT2D eigenvalue weighted by molar-refractivity contribution is -0.133. The topological polar surface area (TPSA) is 116 Å². The maximum Gasteiger partial charge on any atom is 0.331 e. The number of phenols is 1. The summed E-state index contributed by atoms with van der Waals surface area (Å²) in [5.74, 6) is -0.916. The third-order valence-electron chi connectivity index (χ3n) is 4.67. The Morgan fingerprint density at radius 3 is 2.60 bits per heavy atom. The highest BCUT2D eigenvalue weighted by Gasteiger charge is 2.26. The van der Waals surface area contributed by atoms with Gasteiger partial charge in [-0.1, -0.05) is 26.0 Å². The number of rotatable bonds is 7. The van der Waals surface area contributed by atoms with Crippen molar-refractivity contribution in [2.45, 2.75) is 18.7 Å². The Hall–Kier alpha value is -3.11. The van der Waals surface area contributed by atoms with Crippen molar-refractivity contribution in [1.29, 1.82) is 0 Å². The number of carbonyl (C=O) groups is 2. The normalized spacial score (nSPS) is 13.7. The Bertz CT molecular complexity index is 1070. The van der Waals surface area contributed by atoms with Gasteiger partial charge in [-0.25, -0.2) is 13.2 Å². The lowest BCUT2D eigenvalue weighted by Gasteiger charge is -2.29. The molecular weight excluding hydrogens is 410 g/mol. The number of aromatic hydroxyl groups is 1. The van der Waals surface area contributed by atoms with Gasteiger partial charge in [0.05, 0.1) is 22.8 Å². The zero-order valence-electron chi connectivity index (χ0n) is 16.7. The van der Waals surface area contributed by atoms with Gasteiger partial charge < -0.3 is 20.1 Å². The van der Waals surface area contributed by atoms with E-state index in [0.29, 0.717) is 24.5 Å². The van der Waals surface area contributed by atoms with Crippen molar-refractivity contribution in [3.63, 3.8) is 0 Å². The highest BCUT2D eigenvalue weighted by Crippen LogP contribution is 2.32. The van der Waals surface area contributed by atoms with Crippen LogP contribution in [-0.4, -0.2) is 55.9 Å². The molecule has 0 unspecified atom stereocenters. The van der Waals surface area contributed by atoms with Gasteiger partial charge in [0.2, 0.25) is 15.9 Å². The molecule has 0 bridgehead atoms. The van der Waals surface area contributed by atoms with Gasteiger partial charge in [-0.3, -0.25) is 4.79 Å². The molecule has 30 heavy (non-hydrogen) atoms. The van der Waals surface area contributed by atoms with E-state index in [4.69, 9.17) is 4.74 Å². The number of anilines is 2. The molecule has 0 fully saturated rings. The molecule has 1 amide bonds. The average Bonchev–Trinajstić information content (AvgIpc) is 2.70. The molecule has 0 aromatic heterocycles. The van der Waals surface area contributed by atoms with Crippen molar-refractivity contribution in [1.82, 2.24) is 4.31 Å². The number of phenolic OH excluding ortho intramolecular Hbond substituents is 1. The molecule has 0 aliphatic carbocycles. The summed E-state index contributed by atoms with van der Waals surface area (Å²) in [5, 5.41) is 12.6. The van der Waals surface area contributed by atoms with Crippen LogP contribution in [0.5, 0.6) is 11.5 Å². The fraction of sp³-hybridized carbons (Fsp3) is 0.300. The molecule has 2 aromatic carbocycles. The first kappa shape index (κ1) is 21.6. The van der Waals surface area contributed by atoms with Gasteiger partial charge in [-0.05, 0) is 30.3 Å². The summed E-state index contributed by atoms with van der Waals surface area (Å²) in [6.45, 7) is 3.76. The molecule has 1 aliphatic rings. The zero-order chi connectivity index (χ0) is 21.9. The Kier molecular flexibility index (Phi) is 6.28. The number of ether oxygens (including phenoxy) is 1. The van der Waals surface area contributed by atoms with Gasteiger partial charge >= 0.3 is 5.97 Å². The fourth-order valence-electron chi connectivity index (χ4n) is 3.19. The van der Waals surface area contributed by atoms with Crippen molar-refractivity contribution in [2.75, 3.05) is 36.4 Å². The molecule has 0 saturated carbocycles. The standard InChI is InChI=1S/C20H23N3O6S/c1-3-23(4-2)30(27,28)14-9-10-17(24)15(11-14)21-19(25)12-22-13-20(26)29-18-8-6-5-7-16(18)22/h5-11,24H,3-4,12-13H2,1-2H3,(H,21,25). The number of para-hydroxylation sites is 2. The van der Waals surface area contributed by atoms with E-state index in [2.05, 4.69) is 5.32 Å². The monoisotopic (exact) mass is 433 g/mol. The Morgan fingerprint density at radius 1 is 1.20 bits per heavy atom. The number of fused-ring (bicyclic) bond motifs is 1. The first-order valence-corrected chi connectivity index (χ1v) is 10.9. The summed E-state index contributed by atoms with van der Waals surface area (Å²) < 4.78 is 31.8. The molecule has 0 saturated heterocycles. The highest BCUT2D eigenvalue weighted by molar-refractivity contribution is 7.89. The molecule has 1 heterocycles. The van der Waals surface area contributed by atoms with E-state index in [-0.39, 0.29) is 29.4 Å². The summed E-state index contributed by atoms with van der Waals surface area (Å²) in [7, 11) is -3.75. The summed E-state index contributed by atoms with van der Waals surface area (Å²) in [5.41, 5.74) is 0.565. The molecule has 1 aliphatic heterocycles. The predicted molar refractivity (Wildman–Crippen MR) is 111 cm³/mol. The second kappa shape index (κ2) is 8.72. The van der Waals surface area contributed by atoms with Crippen LogP contribution in [0.15, 0.2) is 47.4 Å². The van der Waals surface area contributed by atoms with E-state index in [1.165, 1.54) is 22.5 Å². The maximum absolute atomic E-state index is 12.7. The number of hydrogen-bond acceptors (Lipinski definition) is 7. The average molecular weight is 433 g/mol. The van der Waals surface area contributed by atoms with Crippen molar-refractivity contribution >= 4 is 33.3 Å². The maximum atomic E-state index is 12.7. The minimum Gasteiger partial charge on any atom is -0.506 e.